The fourth-order valence-electron chi connectivity index (χ4n) is 0.947. The van der Waals surface area contributed by atoms with Crippen LogP contribution in [0.2, 0.25) is 0 Å². The van der Waals surface area contributed by atoms with Crippen LogP contribution in [-0.4, -0.2) is 28.7 Å². The molecule has 13 heavy (non-hydrogen) atoms. The van der Waals surface area contributed by atoms with Gasteiger partial charge in [0.15, 0.2) is 5.44 Å². The van der Waals surface area contributed by atoms with Gasteiger partial charge in [-0.1, -0.05) is 13.8 Å². The van der Waals surface area contributed by atoms with E-state index in [1.54, 1.807) is 11.8 Å². The van der Waals surface area contributed by atoms with Gasteiger partial charge in [0.05, 0.1) is 5.92 Å². The van der Waals surface area contributed by atoms with E-state index in [9.17, 15) is 4.79 Å². The molecule has 1 heterocycles. The number of rotatable bonds is 3. The lowest BCUT2D eigenvalue weighted by Gasteiger charge is -2.22. The minimum Gasteiger partial charge on any atom is -0.450 e. The standard InChI is InChI=1S/C9H16O2S2/c1-3-7(2)9(10)11-8-6-12-4-5-13-8/h7-8H,3-6H2,1-2H3. The van der Waals surface area contributed by atoms with Gasteiger partial charge in [-0.15, -0.1) is 11.8 Å². The zero-order valence-corrected chi connectivity index (χ0v) is 9.75. The normalized spacial score (nSPS) is 25.2. The van der Waals surface area contributed by atoms with E-state index in [0.29, 0.717) is 0 Å². The summed E-state index contributed by atoms with van der Waals surface area (Å²) >= 11 is 3.62. The first-order chi connectivity index (χ1) is 6.24. The van der Waals surface area contributed by atoms with E-state index in [0.717, 1.165) is 17.9 Å². The maximum absolute atomic E-state index is 11.4. The SMILES string of the molecule is CCC(C)C(=O)OC1CSCCS1. The quantitative estimate of drug-likeness (QED) is 0.682. The lowest BCUT2D eigenvalue weighted by Crippen LogP contribution is -2.24. The molecular weight excluding hydrogens is 204 g/mol. The summed E-state index contributed by atoms with van der Waals surface area (Å²) < 4.78 is 5.35. The summed E-state index contributed by atoms with van der Waals surface area (Å²) in [5.74, 6) is 3.24. The van der Waals surface area contributed by atoms with Crippen molar-refractivity contribution in [3.05, 3.63) is 0 Å². The van der Waals surface area contributed by atoms with Gasteiger partial charge in [-0.25, -0.2) is 0 Å². The molecule has 1 saturated heterocycles. The Labute approximate surface area is 88.2 Å². The van der Waals surface area contributed by atoms with Crippen LogP contribution in [0.1, 0.15) is 20.3 Å². The van der Waals surface area contributed by atoms with Gasteiger partial charge in [-0.3, -0.25) is 4.79 Å². The number of esters is 1. The molecule has 0 bridgehead atoms. The van der Waals surface area contributed by atoms with Gasteiger partial charge < -0.3 is 4.74 Å². The Morgan fingerprint density at radius 2 is 2.38 bits per heavy atom. The van der Waals surface area contributed by atoms with Crippen LogP contribution < -0.4 is 0 Å². The number of hydrogen-bond acceptors (Lipinski definition) is 4. The first-order valence-corrected chi connectivity index (χ1v) is 6.84. The molecule has 1 aliphatic heterocycles. The molecule has 0 spiro atoms. The Kier molecular flexibility index (Phi) is 5.02. The maximum Gasteiger partial charge on any atom is 0.309 e. The molecule has 0 N–H and O–H groups in total. The highest BCUT2D eigenvalue weighted by atomic mass is 32.2. The highest BCUT2D eigenvalue weighted by Gasteiger charge is 2.21. The second-order valence-electron chi connectivity index (χ2n) is 3.12. The summed E-state index contributed by atoms with van der Waals surface area (Å²) in [7, 11) is 0. The molecule has 0 amide bonds. The minimum absolute atomic E-state index is 0.0394. The Morgan fingerprint density at radius 3 is 2.92 bits per heavy atom. The van der Waals surface area contributed by atoms with E-state index < -0.39 is 0 Å². The topological polar surface area (TPSA) is 26.3 Å². The van der Waals surface area contributed by atoms with Crippen molar-refractivity contribution in [2.75, 3.05) is 17.3 Å². The molecule has 0 aromatic heterocycles. The zero-order valence-electron chi connectivity index (χ0n) is 8.12. The molecule has 2 atom stereocenters. The highest BCUT2D eigenvalue weighted by molar-refractivity contribution is 8.06. The lowest BCUT2D eigenvalue weighted by atomic mass is 10.1. The molecule has 2 unspecified atom stereocenters. The fourth-order valence-corrected chi connectivity index (χ4v) is 3.33. The fraction of sp³-hybridized carbons (Fsp3) is 0.889. The third-order valence-electron chi connectivity index (χ3n) is 2.05. The molecule has 0 aromatic rings. The minimum atomic E-state index is -0.0394. The first kappa shape index (κ1) is 11.2. The summed E-state index contributed by atoms with van der Waals surface area (Å²) in [5.41, 5.74) is 0.0975. The predicted octanol–water partition coefficient (Wildman–Crippen LogP) is 2.38. The summed E-state index contributed by atoms with van der Waals surface area (Å²) in [4.78, 5) is 11.4. The molecule has 0 radical (unpaired) electrons. The van der Waals surface area contributed by atoms with Crippen molar-refractivity contribution in [3.63, 3.8) is 0 Å². The first-order valence-electron chi connectivity index (χ1n) is 4.64. The van der Waals surface area contributed by atoms with Gasteiger partial charge in [0.2, 0.25) is 0 Å². The van der Waals surface area contributed by atoms with Crippen LogP contribution in [-0.2, 0) is 9.53 Å². The average molecular weight is 220 g/mol. The maximum atomic E-state index is 11.4. The zero-order chi connectivity index (χ0) is 9.68. The van der Waals surface area contributed by atoms with Gasteiger partial charge in [-0.2, -0.15) is 11.8 Å². The van der Waals surface area contributed by atoms with Crippen molar-refractivity contribution in [2.24, 2.45) is 5.92 Å². The third-order valence-corrected chi connectivity index (χ3v) is 4.62. The summed E-state index contributed by atoms with van der Waals surface area (Å²) in [6, 6.07) is 0. The molecule has 0 saturated carbocycles. The van der Waals surface area contributed by atoms with Crippen molar-refractivity contribution in [2.45, 2.75) is 25.7 Å². The van der Waals surface area contributed by atoms with Crippen LogP contribution in [0.3, 0.4) is 0 Å². The molecule has 1 fully saturated rings. The lowest BCUT2D eigenvalue weighted by molar-refractivity contribution is -0.148. The summed E-state index contributed by atoms with van der Waals surface area (Å²) in [5, 5.41) is 0. The van der Waals surface area contributed by atoms with Crippen LogP contribution in [0, 0.1) is 5.92 Å². The van der Waals surface area contributed by atoms with E-state index in [4.69, 9.17) is 4.74 Å². The van der Waals surface area contributed by atoms with E-state index in [1.165, 1.54) is 5.75 Å². The second kappa shape index (κ2) is 5.81. The van der Waals surface area contributed by atoms with E-state index in [2.05, 4.69) is 0 Å². The molecule has 1 aliphatic rings. The van der Waals surface area contributed by atoms with Crippen molar-refractivity contribution in [1.29, 1.82) is 0 Å². The molecule has 0 aliphatic carbocycles. The molecular formula is C9H16O2S2. The summed E-state index contributed by atoms with van der Waals surface area (Å²) in [6.45, 7) is 3.93. The van der Waals surface area contributed by atoms with Crippen LogP contribution in [0.4, 0.5) is 0 Å². The largest absolute Gasteiger partial charge is 0.450 e. The number of hydrogen-bond donors (Lipinski definition) is 0. The third kappa shape index (κ3) is 3.81. The number of thioether (sulfide) groups is 2. The smallest absolute Gasteiger partial charge is 0.309 e. The van der Waals surface area contributed by atoms with Crippen molar-refractivity contribution in [3.8, 4) is 0 Å². The van der Waals surface area contributed by atoms with Crippen LogP contribution in [0.15, 0.2) is 0 Å². The summed E-state index contributed by atoms with van der Waals surface area (Å²) in [6.07, 6.45) is 0.864. The number of ether oxygens (including phenoxy) is 1. The van der Waals surface area contributed by atoms with E-state index >= 15 is 0 Å². The second-order valence-corrected chi connectivity index (χ2v) is 5.54. The Hall–Kier alpha value is 0.170. The Morgan fingerprint density at radius 1 is 1.62 bits per heavy atom. The molecule has 1 rings (SSSR count). The van der Waals surface area contributed by atoms with E-state index in [-0.39, 0.29) is 17.3 Å². The van der Waals surface area contributed by atoms with E-state index in [1.807, 2.05) is 25.6 Å². The number of carbonyl (C=O) groups excluding carboxylic acids is 1. The van der Waals surface area contributed by atoms with Crippen LogP contribution in [0.25, 0.3) is 0 Å². The van der Waals surface area contributed by atoms with Crippen LogP contribution >= 0.6 is 23.5 Å². The van der Waals surface area contributed by atoms with Crippen LogP contribution in [0.5, 0.6) is 0 Å². The molecule has 76 valence electrons. The molecule has 2 nitrogen and oxygen atoms in total. The highest BCUT2D eigenvalue weighted by Crippen LogP contribution is 2.25. The Bertz CT molecular complexity index is 167. The molecule has 4 heteroatoms. The van der Waals surface area contributed by atoms with Gasteiger partial charge in [0, 0.05) is 17.3 Å². The van der Waals surface area contributed by atoms with Gasteiger partial charge in [-0.05, 0) is 6.42 Å². The van der Waals surface area contributed by atoms with Crippen molar-refractivity contribution < 1.29 is 9.53 Å². The molecule has 0 aromatic carbocycles. The average Bonchev–Trinajstić information content (AvgIpc) is 2.18. The monoisotopic (exact) mass is 220 g/mol. The predicted molar refractivity (Wildman–Crippen MR) is 59.1 cm³/mol. The Balaban J connectivity index is 2.26. The van der Waals surface area contributed by atoms with Crippen molar-refractivity contribution >= 4 is 29.5 Å². The van der Waals surface area contributed by atoms with Gasteiger partial charge in [0.1, 0.15) is 0 Å². The van der Waals surface area contributed by atoms with Gasteiger partial charge in [0.25, 0.3) is 0 Å². The van der Waals surface area contributed by atoms with Gasteiger partial charge >= 0.3 is 5.97 Å². The number of carbonyl (C=O) groups is 1. The van der Waals surface area contributed by atoms with Crippen molar-refractivity contribution in [1.82, 2.24) is 0 Å².